The third kappa shape index (κ3) is 14.1. The quantitative estimate of drug-likeness (QED) is 0.00752. The molecule has 3 aromatic heterocycles. The topological polar surface area (TPSA) is 398 Å². The lowest BCUT2D eigenvalue weighted by molar-refractivity contribution is -0.204. The first-order valence-corrected chi connectivity index (χ1v) is 37.9. The molecule has 2 bridgehead atoms. The van der Waals surface area contributed by atoms with Gasteiger partial charge in [-0.25, -0.2) is 20.2 Å². The summed E-state index contributed by atoms with van der Waals surface area (Å²) in [4.78, 5) is 131. The van der Waals surface area contributed by atoms with E-state index in [1.54, 1.807) is 31.4 Å². The van der Waals surface area contributed by atoms with Crippen molar-refractivity contribution in [3.05, 3.63) is 129 Å². The summed E-state index contributed by atoms with van der Waals surface area (Å²) < 4.78 is 11.9. The molecule has 2 unspecified atom stereocenters. The highest BCUT2D eigenvalue weighted by Crippen LogP contribution is 2.67. The van der Waals surface area contributed by atoms with Crippen LogP contribution in [0.1, 0.15) is 129 Å². The number of nitrogens with two attached hydrogens (primary N) is 1. The number of aromatic amines is 2. The first kappa shape index (κ1) is 74.8. The van der Waals surface area contributed by atoms with Crippen molar-refractivity contribution in [2.45, 2.75) is 151 Å². The molecule has 29 heteroatoms. The molecule has 8 heterocycles. The summed E-state index contributed by atoms with van der Waals surface area (Å²) >= 11 is 0. The van der Waals surface area contributed by atoms with E-state index in [9.17, 15) is 59.1 Å². The number of nitrogens with zero attached hydrogens (tertiary/aromatic N) is 6. The molecule has 3 aromatic carbocycles. The summed E-state index contributed by atoms with van der Waals surface area (Å²) in [6.45, 7) is 9.47. The number of aryl methyl sites for hydroxylation is 2. The number of aliphatic carboxylic acids is 2. The summed E-state index contributed by atoms with van der Waals surface area (Å²) in [5.41, 5.74) is 11.2. The maximum absolute atomic E-state index is 15.2. The molecule has 12 N–H and O–H groups in total. The molecule has 3 amide bonds. The number of hydrogen-bond acceptors (Lipinski definition) is 22. The lowest BCUT2D eigenvalue weighted by Gasteiger charge is -2.63. The Bertz CT molecular complexity index is 4470. The molecule has 104 heavy (non-hydrogen) atoms. The number of methoxy groups -OCH3 is 1. The van der Waals surface area contributed by atoms with Crippen molar-refractivity contribution in [1.29, 1.82) is 0 Å². The monoisotopic (exact) mass is 1460 g/mol. The largest absolute Gasteiger partial charge is 0.496 e. The summed E-state index contributed by atoms with van der Waals surface area (Å²) in [6, 6.07) is 16.5. The lowest BCUT2D eigenvalue weighted by Crippen LogP contribution is -2.82. The number of H-pyrrole nitrogens is 2. The predicted octanol–water partition coefficient (Wildman–Crippen LogP) is 5.55. The van der Waals surface area contributed by atoms with Gasteiger partial charge in [-0.2, -0.15) is 4.98 Å². The molecule has 0 radical (unpaired) electrons. The van der Waals surface area contributed by atoms with Crippen molar-refractivity contribution >= 4 is 96.7 Å². The Morgan fingerprint density at radius 2 is 1.68 bits per heavy atom. The van der Waals surface area contributed by atoms with Gasteiger partial charge in [-0.15, -0.1) is 12.3 Å². The summed E-state index contributed by atoms with van der Waals surface area (Å²) in [5.74, 6) is -5.00. The van der Waals surface area contributed by atoms with E-state index in [2.05, 4.69) is 94.9 Å². The van der Waals surface area contributed by atoms with Crippen LogP contribution in [-0.2, 0) is 58.8 Å². The van der Waals surface area contributed by atoms with Crippen LogP contribution in [0.5, 0.6) is 5.75 Å². The van der Waals surface area contributed by atoms with Gasteiger partial charge in [0.1, 0.15) is 18.5 Å². The summed E-state index contributed by atoms with van der Waals surface area (Å²) in [6.07, 6.45) is 10.9. The Balaban J connectivity index is 0.650. The Morgan fingerprint density at radius 1 is 0.913 bits per heavy atom. The highest BCUT2D eigenvalue weighted by Gasteiger charge is 2.79. The van der Waals surface area contributed by atoms with Crippen molar-refractivity contribution in [2.24, 2.45) is 23.2 Å². The number of carbonyl (C=O) groups is 7. The van der Waals surface area contributed by atoms with Gasteiger partial charge in [-0.1, -0.05) is 90.1 Å². The molecular formula is C75H90N12O15S2. The van der Waals surface area contributed by atoms with Crippen molar-refractivity contribution in [2.75, 3.05) is 75.6 Å². The molecule has 552 valence electrons. The molecule has 12 rings (SSSR count). The van der Waals surface area contributed by atoms with Crippen molar-refractivity contribution in [3.63, 3.8) is 0 Å². The molecule has 6 aromatic rings. The first-order valence-electron chi connectivity index (χ1n) is 35.4. The zero-order chi connectivity index (χ0) is 74.2. The fourth-order valence-corrected chi connectivity index (χ4v) is 20.1. The zero-order valence-electron chi connectivity index (χ0n) is 58.9. The number of Topliss-reactive ketones (excluding diaryl/α,β-unsaturated/α-hetero) is 2. The van der Waals surface area contributed by atoms with Gasteiger partial charge in [0, 0.05) is 132 Å². The molecule has 1 spiro atoms. The van der Waals surface area contributed by atoms with E-state index in [4.69, 9.17) is 21.6 Å². The molecule has 5 aliphatic heterocycles. The maximum atomic E-state index is 15.2. The number of nitrogens with one attached hydrogen (secondary N) is 5. The summed E-state index contributed by atoms with van der Waals surface area (Å²) in [5, 5.41) is 62.5. The fraction of sp³-hybridized carbons (Fsp3) is 0.507. The van der Waals surface area contributed by atoms with E-state index in [1.807, 2.05) is 43.2 Å². The number of likely N-dealkylation sites (N-methyl/N-ethyl adjacent to an activating group) is 1. The molecular weight excluding hydrogens is 1370 g/mol. The van der Waals surface area contributed by atoms with Crippen LogP contribution in [0.15, 0.2) is 83.8 Å². The van der Waals surface area contributed by atoms with Gasteiger partial charge < -0.3 is 55.9 Å². The number of benzene rings is 3. The standard InChI is InChI=1S/C75H90N12O15S2/c1-7-13-53(79-58(90)23-21-45(63(92)93)32-55(88)44-19-16-42(17-20-44)18-22-47-38-77-61-59(78-47)62(91)82-69(76)81-61)56(89)33-46(64(94)95)40-104-103-31-30-102-70(98)84-83-68(97)75(100)66-74(26-29-87-27-12-25-73(9-3,65(74)87)67(75)96)50-34-51(57(101-6)35-54(50)85(66)5)71(4)36-43-37-72(99,8-2)41-86(39-43)28-24-49-48-14-10-11-15-52(48)80-60(49)71/h1,10-12,14-17,19-20,25,34-35,38,43,45-46,53,65-67,80,96,99-100H,8-9,13,18,21-24,26-33,36-37,39-41H2,2-6H3,(H,79,90)(H,83,97)(H,84,98)(H,92,93)(H,94,95)(H3,76,77,81,82,91)/t43-,45+,46+,53-,65-,66+,67+,71+,72?,73+,74+,75-/m0/s1. The number of aromatic nitrogens is 5. The number of terminal acetylenes is 1. The zero-order valence-corrected chi connectivity index (χ0v) is 60.5. The molecule has 6 aliphatic rings. The number of aliphatic hydroxyl groups is 3. The van der Waals surface area contributed by atoms with Crippen molar-refractivity contribution in [1.82, 2.24) is 50.9 Å². The first-order chi connectivity index (χ1) is 49.7. The van der Waals surface area contributed by atoms with Crippen molar-refractivity contribution < 1.29 is 68.6 Å². The number of nitrogen functional groups attached to an aromatic ring is 1. The van der Waals surface area contributed by atoms with Crippen LogP contribution in [0, 0.1) is 35.5 Å². The molecule has 1 saturated carbocycles. The van der Waals surface area contributed by atoms with E-state index >= 15 is 4.79 Å². The normalized spacial score (nSPS) is 26.8. The Kier molecular flexibility index (Phi) is 21.8. The van der Waals surface area contributed by atoms with Crippen LogP contribution >= 0.6 is 21.6 Å². The predicted molar refractivity (Wildman–Crippen MR) is 392 cm³/mol. The molecule has 1 aliphatic carbocycles. The third-order valence-electron chi connectivity index (χ3n) is 22.8. The SMILES string of the molecule is C#CC[C@H](NC(=O)CC[C@H](CC(=O)c1ccc(CCc2cnc3nc(N)[nH]c(=O)c3n2)cc1)C(=O)O)C(=O)C[C@H](CSSCCOC(=O)NNC(=O)[C@@]1(O)[C@H](O)[C@]2(CC)C=CCN3CC[C@@]4(c5cc([C@@]6(C)C[C@@H]7CN(CCc8c6[nH]c6ccccc86)CC(O)(CC)C7)c(OC)cc5N(C)[C@@H]14)[C@@H]32)C(=O)O. The van der Waals surface area contributed by atoms with Gasteiger partial charge in [-0.3, -0.25) is 53.8 Å². The second-order valence-electron chi connectivity index (χ2n) is 29.0. The minimum atomic E-state index is -2.56. The highest BCUT2D eigenvalue weighted by atomic mass is 33.1. The molecule has 13 atom stereocenters. The van der Waals surface area contributed by atoms with E-state index < -0.39 is 117 Å². The van der Waals surface area contributed by atoms with E-state index in [1.165, 1.54) is 11.8 Å². The molecule has 2 saturated heterocycles. The number of hydrogen-bond donors (Lipinski definition) is 11. The number of para-hydroxylation sites is 1. The number of amides is 3. The van der Waals surface area contributed by atoms with Gasteiger partial charge in [0.15, 0.2) is 28.3 Å². The lowest BCUT2D eigenvalue weighted by atomic mass is 9.47. The highest BCUT2D eigenvalue weighted by molar-refractivity contribution is 8.76. The van der Waals surface area contributed by atoms with Crippen LogP contribution < -0.4 is 37.1 Å². The summed E-state index contributed by atoms with van der Waals surface area (Å²) in [7, 11) is 5.72. The third-order valence-corrected chi connectivity index (χ3v) is 25.3. The Labute approximate surface area is 609 Å². The Morgan fingerprint density at radius 3 is 2.41 bits per heavy atom. The Hall–Kier alpha value is -8.89. The van der Waals surface area contributed by atoms with E-state index in [-0.39, 0.29) is 72.0 Å². The van der Waals surface area contributed by atoms with Gasteiger partial charge in [0.2, 0.25) is 11.9 Å². The van der Waals surface area contributed by atoms with Crippen molar-refractivity contribution in [3.8, 4) is 18.1 Å². The number of fused-ring (bicyclic) bond motifs is 7. The van der Waals surface area contributed by atoms with Crippen LogP contribution in [-0.4, -0.2) is 202 Å². The fourth-order valence-electron chi connectivity index (χ4n) is 17.9. The smallest absolute Gasteiger partial charge is 0.426 e. The van der Waals surface area contributed by atoms with Crippen LogP contribution in [0.25, 0.3) is 22.1 Å². The number of piperidine rings is 1. The van der Waals surface area contributed by atoms with Gasteiger partial charge in [0.25, 0.3) is 11.5 Å². The number of rotatable bonds is 27. The number of ketones is 2. The minimum Gasteiger partial charge on any atom is -0.496 e. The van der Waals surface area contributed by atoms with Crippen LogP contribution in [0.3, 0.4) is 0 Å². The average Bonchev–Trinajstić information content (AvgIpc) is 1.45. The number of carboxylic acid groups (broad SMARTS) is 2. The van der Waals surface area contributed by atoms with Gasteiger partial charge >= 0.3 is 18.0 Å². The van der Waals surface area contributed by atoms with Gasteiger partial charge in [-0.05, 0) is 106 Å². The number of anilines is 2. The van der Waals surface area contributed by atoms with Crippen LogP contribution in [0.4, 0.5) is 16.4 Å². The van der Waals surface area contributed by atoms with E-state index in [0.29, 0.717) is 76.0 Å². The maximum Gasteiger partial charge on any atom is 0.426 e. The number of carboxylic acids is 2. The average molecular weight is 1460 g/mol. The van der Waals surface area contributed by atoms with Crippen LogP contribution in [0.2, 0.25) is 0 Å². The number of hydrazine groups is 1. The molecule has 27 nitrogen and oxygen atoms in total. The van der Waals surface area contributed by atoms with E-state index in [0.717, 1.165) is 80.1 Å². The molecule has 3 fully saturated rings. The number of carbonyl (C=O) groups excluding carboxylic acids is 5. The second-order valence-corrected chi connectivity index (χ2v) is 31.6. The number of aliphatic hydroxyl groups excluding tert-OH is 1. The van der Waals surface area contributed by atoms with Gasteiger partial charge in [0.05, 0.1) is 48.5 Å². The minimum absolute atomic E-state index is 0.0498. The second kappa shape index (κ2) is 30.3. The number of ether oxygens (including phenoxy) is 2.